The van der Waals surface area contributed by atoms with E-state index in [1.807, 2.05) is 4.72 Å². The Hall–Kier alpha value is -1.60. The van der Waals surface area contributed by atoms with Gasteiger partial charge in [-0.15, -0.1) is 0 Å². The molecule has 8 heteroatoms. The molecule has 0 heterocycles. The van der Waals surface area contributed by atoms with Gasteiger partial charge < -0.3 is 5.32 Å². The summed E-state index contributed by atoms with van der Waals surface area (Å²) in [7, 11) is -3.94. The smallest absolute Gasteiger partial charge is 0.328 e. The number of hydrogen-bond donors (Lipinski definition) is 2. The highest BCUT2D eigenvalue weighted by Crippen LogP contribution is 2.17. The second-order valence-corrected chi connectivity index (χ2v) is 7.69. The first-order valence-corrected chi connectivity index (χ1v) is 9.33. The van der Waals surface area contributed by atoms with E-state index in [4.69, 9.17) is 11.6 Å². The van der Waals surface area contributed by atoms with Crippen LogP contribution in [0.1, 0.15) is 37.7 Å². The number of benzene rings is 1. The monoisotopic (exact) mass is 358 g/mol. The van der Waals surface area contributed by atoms with Crippen LogP contribution in [-0.4, -0.2) is 25.7 Å². The van der Waals surface area contributed by atoms with Crippen LogP contribution < -0.4 is 10.0 Å². The lowest BCUT2D eigenvalue weighted by atomic mass is 9.96. The topological polar surface area (TPSA) is 92.3 Å². The average Bonchev–Trinajstić information content (AvgIpc) is 2.47. The van der Waals surface area contributed by atoms with Crippen LogP contribution >= 0.6 is 11.6 Å². The quantitative estimate of drug-likeness (QED) is 0.790. The van der Waals surface area contributed by atoms with Crippen LogP contribution in [0.15, 0.2) is 29.2 Å². The summed E-state index contributed by atoms with van der Waals surface area (Å²) in [6, 6.07) is 4.98. The first kappa shape index (κ1) is 17.7. The summed E-state index contributed by atoms with van der Waals surface area (Å²) in [5.74, 6) is 0. The molecule has 0 atom stereocenters. The number of nitrogens with one attached hydrogen (secondary N) is 2. The van der Waals surface area contributed by atoms with Gasteiger partial charge in [0.15, 0.2) is 0 Å². The molecule has 2 amide bonds. The summed E-state index contributed by atoms with van der Waals surface area (Å²) >= 11 is 5.28. The van der Waals surface area contributed by atoms with Gasteiger partial charge in [-0.1, -0.05) is 31.4 Å². The van der Waals surface area contributed by atoms with Crippen LogP contribution in [0.5, 0.6) is 0 Å². The van der Waals surface area contributed by atoms with Crippen molar-refractivity contribution in [1.82, 2.24) is 10.0 Å². The van der Waals surface area contributed by atoms with E-state index in [1.165, 1.54) is 24.3 Å². The number of sulfonamides is 1. The van der Waals surface area contributed by atoms with Gasteiger partial charge in [-0.3, -0.25) is 4.79 Å². The molecule has 0 aliphatic heterocycles. The van der Waals surface area contributed by atoms with Crippen LogP contribution in [0.2, 0.25) is 0 Å². The first-order valence-electron chi connectivity index (χ1n) is 7.47. The third-order valence-electron chi connectivity index (χ3n) is 3.74. The molecular weight excluding hydrogens is 340 g/mol. The van der Waals surface area contributed by atoms with Gasteiger partial charge in [-0.25, -0.2) is 17.9 Å². The van der Waals surface area contributed by atoms with Gasteiger partial charge >= 0.3 is 6.03 Å². The maximum Gasteiger partial charge on any atom is 0.328 e. The largest absolute Gasteiger partial charge is 0.335 e. The van der Waals surface area contributed by atoms with Crippen molar-refractivity contribution >= 4 is 32.9 Å². The number of carbonyl (C=O) groups is 2. The summed E-state index contributed by atoms with van der Waals surface area (Å²) in [6.07, 6.45) is 4.99. The minimum Gasteiger partial charge on any atom is -0.335 e. The Morgan fingerprint density at radius 3 is 2.26 bits per heavy atom. The van der Waals surface area contributed by atoms with Crippen LogP contribution in [0, 0.1) is 0 Å². The summed E-state index contributed by atoms with van der Waals surface area (Å²) in [4.78, 5) is 22.6. The van der Waals surface area contributed by atoms with Crippen LogP contribution in [0.25, 0.3) is 0 Å². The number of hydrogen-bond acceptors (Lipinski definition) is 4. The summed E-state index contributed by atoms with van der Waals surface area (Å²) in [6.45, 7) is 0. The summed E-state index contributed by atoms with van der Waals surface area (Å²) in [5.41, 5.74) is 0.607. The second kappa shape index (κ2) is 7.79. The Morgan fingerprint density at radius 2 is 1.70 bits per heavy atom. The summed E-state index contributed by atoms with van der Waals surface area (Å²) in [5, 5.41) is 2.17. The Kier molecular flexibility index (Phi) is 6.01. The maximum atomic E-state index is 12.2. The minimum absolute atomic E-state index is 0.0241. The van der Waals surface area contributed by atoms with Crippen molar-refractivity contribution in [3.8, 4) is 0 Å². The Balaban J connectivity index is 1.97. The zero-order valence-corrected chi connectivity index (χ0v) is 14.1. The zero-order valence-electron chi connectivity index (χ0n) is 12.5. The lowest BCUT2D eigenvalue weighted by molar-refractivity contribution is -0.111. The molecule has 126 valence electrons. The highest BCUT2D eigenvalue weighted by molar-refractivity contribution is 7.90. The standard InChI is InChI=1S/C15H19ClN2O4S/c16-14(19)10-11-6-8-13(9-7-11)23(21,22)18-15(20)17-12-4-2-1-3-5-12/h6-9,12H,1-5,10H2,(H2,17,18,20). The fourth-order valence-electron chi connectivity index (χ4n) is 2.59. The Labute approximate surface area is 140 Å². The van der Waals surface area contributed by atoms with E-state index in [9.17, 15) is 18.0 Å². The van der Waals surface area contributed by atoms with Gasteiger partial charge in [0, 0.05) is 12.5 Å². The van der Waals surface area contributed by atoms with Crippen LogP contribution in [0.3, 0.4) is 0 Å². The Morgan fingerprint density at radius 1 is 1.09 bits per heavy atom. The fourth-order valence-corrected chi connectivity index (χ4v) is 3.66. The molecule has 0 spiro atoms. The molecule has 1 fully saturated rings. The predicted octanol–water partition coefficient (Wildman–Crippen LogP) is 2.32. The highest BCUT2D eigenvalue weighted by Gasteiger charge is 2.21. The fraction of sp³-hybridized carbons (Fsp3) is 0.467. The van der Waals surface area contributed by atoms with E-state index in [-0.39, 0.29) is 17.4 Å². The van der Waals surface area contributed by atoms with Crippen molar-refractivity contribution in [2.24, 2.45) is 0 Å². The maximum absolute atomic E-state index is 12.2. The van der Waals surface area contributed by atoms with Crippen molar-refractivity contribution in [3.05, 3.63) is 29.8 Å². The van der Waals surface area contributed by atoms with E-state index < -0.39 is 21.3 Å². The van der Waals surface area contributed by atoms with Crippen molar-refractivity contribution < 1.29 is 18.0 Å². The van der Waals surface area contributed by atoms with Crippen molar-refractivity contribution in [2.45, 2.75) is 49.5 Å². The highest BCUT2D eigenvalue weighted by atomic mass is 35.5. The molecule has 1 aliphatic carbocycles. The number of rotatable bonds is 5. The minimum atomic E-state index is -3.94. The molecule has 23 heavy (non-hydrogen) atoms. The summed E-state index contributed by atoms with van der Waals surface area (Å²) < 4.78 is 26.3. The van der Waals surface area contributed by atoms with Crippen LogP contribution in [0.4, 0.5) is 4.79 Å². The number of carbonyl (C=O) groups excluding carboxylic acids is 2. The van der Waals surface area contributed by atoms with Crippen molar-refractivity contribution in [3.63, 3.8) is 0 Å². The lowest BCUT2D eigenvalue weighted by Gasteiger charge is -2.22. The van der Waals surface area contributed by atoms with E-state index in [0.29, 0.717) is 5.56 Å². The number of urea groups is 1. The van der Waals surface area contributed by atoms with Crippen LogP contribution in [-0.2, 0) is 21.2 Å². The van der Waals surface area contributed by atoms with E-state index in [0.717, 1.165) is 32.1 Å². The average molecular weight is 359 g/mol. The predicted molar refractivity (Wildman–Crippen MR) is 86.7 cm³/mol. The molecule has 0 radical (unpaired) electrons. The van der Waals surface area contributed by atoms with Crippen molar-refractivity contribution in [1.29, 1.82) is 0 Å². The van der Waals surface area contributed by atoms with E-state index in [1.54, 1.807) is 0 Å². The molecule has 2 N–H and O–H groups in total. The molecule has 0 bridgehead atoms. The third kappa shape index (κ3) is 5.51. The molecular formula is C15H19ClN2O4S. The van der Waals surface area contributed by atoms with Gasteiger partial charge in [0.05, 0.1) is 4.90 Å². The van der Waals surface area contributed by atoms with Gasteiger partial charge in [0.1, 0.15) is 0 Å². The lowest BCUT2D eigenvalue weighted by Crippen LogP contribution is -2.45. The molecule has 0 saturated heterocycles. The van der Waals surface area contributed by atoms with Crippen molar-refractivity contribution in [2.75, 3.05) is 0 Å². The zero-order chi connectivity index (χ0) is 16.9. The number of halogens is 1. The number of amides is 2. The van der Waals surface area contributed by atoms with E-state index >= 15 is 0 Å². The molecule has 2 rings (SSSR count). The first-order chi connectivity index (χ1) is 10.9. The normalized spacial score (nSPS) is 15.9. The van der Waals surface area contributed by atoms with Gasteiger partial charge in [0.25, 0.3) is 10.0 Å². The third-order valence-corrected chi connectivity index (χ3v) is 5.22. The Bertz CT molecular complexity index is 667. The van der Waals surface area contributed by atoms with E-state index in [2.05, 4.69) is 5.32 Å². The molecule has 6 nitrogen and oxygen atoms in total. The van der Waals surface area contributed by atoms with Gasteiger partial charge in [-0.2, -0.15) is 0 Å². The molecule has 1 aromatic rings. The van der Waals surface area contributed by atoms with Gasteiger partial charge in [-0.05, 0) is 42.1 Å². The second-order valence-electron chi connectivity index (χ2n) is 5.59. The SMILES string of the molecule is O=C(Cl)Cc1ccc(S(=O)(=O)NC(=O)NC2CCCCC2)cc1. The molecule has 1 saturated carbocycles. The van der Waals surface area contributed by atoms with Gasteiger partial charge in [0.2, 0.25) is 5.24 Å². The molecule has 1 aromatic carbocycles. The molecule has 0 aromatic heterocycles. The molecule has 0 unspecified atom stereocenters. The molecule has 1 aliphatic rings.